The molecule has 2 fully saturated rings. The van der Waals surface area contributed by atoms with Gasteiger partial charge in [-0.2, -0.15) is 0 Å². The van der Waals surface area contributed by atoms with Crippen molar-refractivity contribution in [3.05, 3.63) is 24.0 Å². The zero-order chi connectivity index (χ0) is 14.4. The molecule has 0 radical (unpaired) electrons. The van der Waals surface area contributed by atoms with Crippen molar-refractivity contribution in [2.45, 2.75) is 26.2 Å². The minimum absolute atomic E-state index is 0.0494. The maximum atomic E-state index is 13.2. The molecule has 1 aliphatic heterocycles. The van der Waals surface area contributed by atoms with Gasteiger partial charge >= 0.3 is 0 Å². The van der Waals surface area contributed by atoms with Crippen LogP contribution in [0.25, 0.3) is 0 Å². The first-order valence-corrected chi connectivity index (χ1v) is 6.95. The molecule has 0 bridgehead atoms. The van der Waals surface area contributed by atoms with Crippen LogP contribution in [0.2, 0.25) is 0 Å². The Morgan fingerprint density at radius 3 is 2.35 bits per heavy atom. The smallest absolute Gasteiger partial charge is 0.237 e. The Morgan fingerprint density at radius 2 is 1.85 bits per heavy atom. The Morgan fingerprint density at radius 1 is 1.25 bits per heavy atom. The average Bonchev–Trinajstić information content (AvgIpc) is 2.94. The largest absolute Gasteiger partial charge is 0.396 e. The molecule has 1 heterocycles. The number of nitrogen functional groups attached to an aromatic ring is 1. The first-order chi connectivity index (χ1) is 9.52. The lowest BCUT2D eigenvalue weighted by atomic mass is 10.00. The molecule has 1 saturated heterocycles. The van der Waals surface area contributed by atoms with E-state index >= 15 is 0 Å². The van der Waals surface area contributed by atoms with Crippen molar-refractivity contribution in [2.24, 2.45) is 17.8 Å². The number of benzene rings is 1. The number of anilines is 2. The zero-order valence-corrected chi connectivity index (χ0v) is 11.3. The average molecular weight is 276 g/mol. The Kier molecular flexibility index (Phi) is 3.00. The first kappa shape index (κ1) is 13.1. The van der Waals surface area contributed by atoms with E-state index in [1.54, 1.807) is 0 Å². The van der Waals surface area contributed by atoms with Crippen LogP contribution in [0.15, 0.2) is 18.2 Å². The second kappa shape index (κ2) is 4.58. The van der Waals surface area contributed by atoms with E-state index in [1.807, 2.05) is 0 Å². The number of fused-ring (bicyclic) bond motifs is 1. The zero-order valence-electron chi connectivity index (χ0n) is 11.3. The monoisotopic (exact) mass is 276 g/mol. The van der Waals surface area contributed by atoms with Gasteiger partial charge in [0, 0.05) is 0 Å². The third-order valence-electron chi connectivity index (χ3n) is 4.55. The lowest BCUT2D eigenvalue weighted by molar-refractivity contribution is -0.123. The van der Waals surface area contributed by atoms with Gasteiger partial charge in [0.1, 0.15) is 5.82 Å². The standard InChI is InChI=1S/C15H17FN2O2/c1-2-8-5-10-11(6-8)15(20)18(14(10)19)9-3-4-12(16)13(17)7-9/h3-4,7-8,10-11H,2,5-6,17H2,1H3. The molecule has 1 saturated carbocycles. The molecule has 2 aliphatic rings. The normalized spacial score (nSPS) is 29.1. The summed E-state index contributed by atoms with van der Waals surface area (Å²) < 4.78 is 13.2. The molecule has 5 heteroatoms. The molecule has 0 spiro atoms. The van der Waals surface area contributed by atoms with Crippen LogP contribution in [-0.2, 0) is 9.59 Å². The minimum atomic E-state index is -0.543. The molecule has 2 N–H and O–H groups in total. The molecule has 1 aromatic carbocycles. The molecule has 2 unspecified atom stereocenters. The summed E-state index contributed by atoms with van der Waals surface area (Å²) in [5, 5.41) is 0. The van der Waals surface area contributed by atoms with Crippen molar-refractivity contribution in [1.29, 1.82) is 0 Å². The number of amides is 2. The van der Waals surface area contributed by atoms with Crippen molar-refractivity contribution in [2.75, 3.05) is 10.6 Å². The summed E-state index contributed by atoms with van der Waals surface area (Å²) in [6.45, 7) is 2.08. The third kappa shape index (κ3) is 1.80. The Bertz CT molecular complexity index is 563. The lowest BCUT2D eigenvalue weighted by Crippen LogP contribution is -2.32. The number of imide groups is 1. The fraction of sp³-hybridized carbons (Fsp3) is 0.467. The quantitative estimate of drug-likeness (QED) is 0.666. The number of carbonyl (C=O) groups is 2. The van der Waals surface area contributed by atoms with E-state index in [2.05, 4.69) is 6.92 Å². The lowest BCUT2D eigenvalue weighted by Gasteiger charge is -2.18. The van der Waals surface area contributed by atoms with Crippen LogP contribution in [0.3, 0.4) is 0 Å². The highest BCUT2D eigenvalue weighted by Gasteiger charge is 2.52. The van der Waals surface area contributed by atoms with Crippen LogP contribution in [0.1, 0.15) is 26.2 Å². The number of hydrogen-bond donors (Lipinski definition) is 1. The van der Waals surface area contributed by atoms with Crippen LogP contribution in [0, 0.1) is 23.6 Å². The summed E-state index contributed by atoms with van der Waals surface area (Å²) in [5.41, 5.74) is 5.84. The first-order valence-electron chi connectivity index (χ1n) is 6.95. The molecule has 2 amide bonds. The Hall–Kier alpha value is -1.91. The predicted octanol–water partition coefficient (Wildman–Crippen LogP) is 2.33. The van der Waals surface area contributed by atoms with E-state index in [-0.39, 0.29) is 29.3 Å². The van der Waals surface area contributed by atoms with Crippen molar-refractivity contribution >= 4 is 23.2 Å². The molecule has 0 aromatic heterocycles. The van der Waals surface area contributed by atoms with Gasteiger partial charge in [0.2, 0.25) is 11.8 Å². The molecule has 3 rings (SSSR count). The number of rotatable bonds is 2. The summed E-state index contributed by atoms with van der Waals surface area (Å²) >= 11 is 0. The van der Waals surface area contributed by atoms with E-state index < -0.39 is 5.82 Å². The summed E-state index contributed by atoms with van der Waals surface area (Å²) in [4.78, 5) is 26.0. The third-order valence-corrected chi connectivity index (χ3v) is 4.55. The van der Waals surface area contributed by atoms with Crippen LogP contribution in [-0.4, -0.2) is 11.8 Å². The van der Waals surface area contributed by atoms with E-state index in [0.29, 0.717) is 11.6 Å². The molecular formula is C15H17FN2O2. The summed E-state index contributed by atoms with van der Waals surface area (Å²) in [7, 11) is 0. The van der Waals surface area contributed by atoms with Gasteiger partial charge in [-0.3, -0.25) is 9.59 Å². The second-order valence-electron chi connectivity index (χ2n) is 5.68. The minimum Gasteiger partial charge on any atom is -0.396 e. The Balaban J connectivity index is 1.91. The molecule has 1 aromatic rings. The highest BCUT2D eigenvalue weighted by Crippen LogP contribution is 2.45. The van der Waals surface area contributed by atoms with E-state index in [1.165, 1.54) is 23.1 Å². The van der Waals surface area contributed by atoms with Gasteiger partial charge in [0.25, 0.3) is 0 Å². The van der Waals surface area contributed by atoms with Gasteiger partial charge in [0.05, 0.1) is 23.2 Å². The summed E-state index contributed by atoms with van der Waals surface area (Å²) in [6, 6.07) is 3.97. The molecule has 1 aliphatic carbocycles. The highest BCUT2D eigenvalue weighted by molar-refractivity contribution is 6.22. The molecule has 20 heavy (non-hydrogen) atoms. The fourth-order valence-corrected chi connectivity index (χ4v) is 3.39. The number of hydrogen-bond acceptors (Lipinski definition) is 3. The van der Waals surface area contributed by atoms with Crippen molar-refractivity contribution in [3.63, 3.8) is 0 Å². The van der Waals surface area contributed by atoms with E-state index in [9.17, 15) is 14.0 Å². The fourth-order valence-electron chi connectivity index (χ4n) is 3.39. The summed E-state index contributed by atoms with van der Waals surface area (Å²) in [5.74, 6) is -0.834. The predicted molar refractivity (Wildman–Crippen MR) is 73.3 cm³/mol. The highest BCUT2D eigenvalue weighted by atomic mass is 19.1. The molecule has 106 valence electrons. The number of nitrogens with two attached hydrogens (primary N) is 1. The van der Waals surface area contributed by atoms with Crippen molar-refractivity contribution in [3.8, 4) is 0 Å². The van der Waals surface area contributed by atoms with Crippen molar-refractivity contribution in [1.82, 2.24) is 0 Å². The molecular weight excluding hydrogens is 259 g/mol. The van der Waals surface area contributed by atoms with Gasteiger partial charge < -0.3 is 5.73 Å². The topological polar surface area (TPSA) is 63.4 Å². The number of carbonyl (C=O) groups excluding carboxylic acids is 2. The van der Waals surface area contributed by atoms with Gasteiger partial charge in [-0.05, 0) is 37.0 Å². The number of halogens is 1. The van der Waals surface area contributed by atoms with Crippen LogP contribution in [0.4, 0.5) is 15.8 Å². The number of nitrogens with zero attached hydrogens (tertiary/aromatic N) is 1. The van der Waals surface area contributed by atoms with Crippen LogP contribution in [0.5, 0.6) is 0 Å². The van der Waals surface area contributed by atoms with E-state index in [4.69, 9.17) is 5.73 Å². The van der Waals surface area contributed by atoms with Crippen LogP contribution >= 0.6 is 0 Å². The van der Waals surface area contributed by atoms with Gasteiger partial charge in [-0.15, -0.1) is 0 Å². The van der Waals surface area contributed by atoms with Gasteiger partial charge in [-0.25, -0.2) is 9.29 Å². The van der Waals surface area contributed by atoms with Gasteiger partial charge in [0.15, 0.2) is 0 Å². The van der Waals surface area contributed by atoms with E-state index in [0.717, 1.165) is 19.3 Å². The summed E-state index contributed by atoms with van der Waals surface area (Å²) in [6.07, 6.45) is 2.55. The maximum Gasteiger partial charge on any atom is 0.237 e. The second-order valence-corrected chi connectivity index (χ2v) is 5.68. The molecule has 4 nitrogen and oxygen atoms in total. The van der Waals surface area contributed by atoms with Gasteiger partial charge in [-0.1, -0.05) is 13.3 Å². The van der Waals surface area contributed by atoms with Crippen molar-refractivity contribution < 1.29 is 14.0 Å². The maximum absolute atomic E-state index is 13.2. The Labute approximate surface area is 116 Å². The SMILES string of the molecule is CCC1CC2C(=O)N(c3ccc(F)c(N)c3)C(=O)C2C1. The van der Waals surface area contributed by atoms with Crippen LogP contribution < -0.4 is 10.6 Å². The molecule has 2 atom stereocenters.